The maximum Gasteiger partial charge on any atom is 0.294 e. The molecule has 200 valence electrons. The Labute approximate surface area is 225 Å². The summed E-state index contributed by atoms with van der Waals surface area (Å²) in [6.45, 7) is -0.886. The molecule has 0 unspecified atom stereocenters. The number of halogens is 2. The molecule has 1 aliphatic heterocycles. The quantitative estimate of drug-likeness (QED) is 0.371. The number of thioether (sulfide) groups is 1. The zero-order chi connectivity index (χ0) is 27.9. The molecular formula is C27H21F2N3O6S. The summed E-state index contributed by atoms with van der Waals surface area (Å²) in [5, 5.41) is 4.25. The Morgan fingerprint density at radius 2 is 1.67 bits per heavy atom. The third-order valence-corrected chi connectivity index (χ3v) is 6.22. The number of methoxy groups -OCH3 is 1. The van der Waals surface area contributed by atoms with Crippen LogP contribution in [0.1, 0.15) is 5.56 Å². The molecule has 0 atom stereocenters. The number of rotatable bonds is 9. The first-order chi connectivity index (χ1) is 18.7. The summed E-state index contributed by atoms with van der Waals surface area (Å²) in [4.78, 5) is 50.3. The number of hydrogen-bond acceptors (Lipinski definition) is 7. The smallest absolute Gasteiger partial charge is 0.294 e. The highest BCUT2D eigenvalue weighted by Gasteiger charge is 2.36. The lowest BCUT2D eigenvalue weighted by atomic mass is 10.2. The highest BCUT2D eigenvalue weighted by atomic mass is 32.2. The van der Waals surface area contributed by atoms with Crippen LogP contribution in [0.25, 0.3) is 6.08 Å². The van der Waals surface area contributed by atoms with E-state index in [1.165, 1.54) is 13.2 Å². The average molecular weight is 554 g/mol. The lowest BCUT2D eigenvalue weighted by molar-refractivity contribution is -0.127. The van der Waals surface area contributed by atoms with Crippen molar-refractivity contribution < 1.29 is 37.4 Å². The van der Waals surface area contributed by atoms with Gasteiger partial charge in [0, 0.05) is 6.07 Å². The average Bonchev–Trinajstić information content (AvgIpc) is 3.17. The van der Waals surface area contributed by atoms with Crippen molar-refractivity contribution in [2.45, 2.75) is 0 Å². The van der Waals surface area contributed by atoms with Crippen LogP contribution in [0.3, 0.4) is 0 Å². The van der Waals surface area contributed by atoms with Gasteiger partial charge in [-0.15, -0.1) is 0 Å². The number of nitrogens with zero attached hydrogens (tertiary/aromatic N) is 1. The van der Waals surface area contributed by atoms with Crippen LogP contribution in [0.2, 0.25) is 0 Å². The molecule has 0 radical (unpaired) electrons. The number of ether oxygens (including phenoxy) is 2. The van der Waals surface area contributed by atoms with Gasteiger partial charge in [-0.2, -0.15) is 0 Å². The van der Waals surface area contributed by atoms with Gasteiger partial charge < -0.3 is 20.1 Å². The van der Waals surface area contributed by atoms with Crippen molar-refractivity contribution in [3.63, 3.8) is 0 Å². The fraction of sp³-hybridized carbons (Fsp3) is 0.111. The van der Waals surface area contributed by atoms with E-state index >= 15 is 0 Å². The molecule has 2 N–H and O–H groups in total. The second-order valence-corrected chi connectivity index (χ2v) is 9.04. The van der Waals surface area contributed by atoms with Gasteiger partial charge in [-0.25, -0.2) is 8.78 Å². The van der Waals surface area contributed by atoms with Crippen LogP contribution in [-0.2, 0) is 14.4 Å². The third-order valence-electron chi connectivity index (χ3n) is 5.31. The van der Waals surface area contributed by atoms with Crippen LogP contribution < -0.4 is 20.1 Å². The first-order valence-electron chi connectivity index (χ1n) is 11.4. The van der Waals surface area contributed by atoms with Crippen LogP contribution in [-0.4, -0.2) is 48.1 Å². The minimum atomic E-state index is -0.984. The van der Waals surface area contributed by atoms with Crippen LogP contribution in [0.15, 0.2) is 71.6 Å². The van der Waals surface area contributed by atoms with E-state index in [0.29, 0.717) is 40.6 Å². The summed E-state index contributed by atoms with van der Waals surface area (Å²) in [6.07, 6.45) is 1.47. The number of para-hydroxylation sites is 2. The van der Waals surface area contributed by atoms with E-state index in [0.717, 1.165) is 17.0 Å². The minimum Gasteiger partial charge on any atom is -0.495 e. The fourth-order valence-electron chi connectivity index (χ4n) is 3.46. The van der Waals surface area contributed by atoms with Gasteiger partial charge in [0.2, 0.25) is 5.91 Å². The molecule has 1 heterocycles. The predicted molar refractivity (Wildman–Crippen MR) is 141 cm³/mol. The molecule has 39 heavy (non-hydrogen) atoms. The first kappa shape index (κ1) is 27.3. The van der Waals surface area contributed by atoms with E-state index < -0.39 is 35.2 Å². The molecule has 0 spiro atoms. The Morgan fingerprint density at radius 3 is 2.38 bits per heavy atom. The summed E-state index contributed by atoms with van der Waals surface area (Å²) in [5.74, 6) is -2.77. The predicted octanol–water partition coefficient (Wildman–Crippen LogP) is 4.67. The number of benzene rings is 3. The molecule has 4 amide bonds. The number of carbonyl (C=O) groups excluding carboxylic acids is 4. The molecule has 0 aromatic heterocycles. The summed E-state index contributed by atoms with van der Waals surface area (Å²) >= 11 is 0.653. The molecular weight excluding hydrogens is 532 g/mol. The molecule has 9 nitrogen and oxygen atoms in total. The normalized spacial score (nSPS) is 13.9. The van der Waals surface area contributed by atoms with Gasteiger partial charge in [0.05, 0.1) is 23.4 Å². The molecule has 0 bridgehead atoms. The SMILES string of the molecule is COc1ccccc1NC(=O)COc1ccc(/C=C2\SC(=O)N(CC(=O)Nc3ccc(F)cc3F)C2=O)cc1. The van der Waals surface area contributed by atoms with E-state index in [4.69, 9.17) is 9.47 Å². The molecule has 1 saturated heterocycles. The highest BCUT2D eigenvalue weighted by molar-refractivity contribution is 8.18. The lowest BCUT2D eigenvalue weighted by Crippen LogP contribution is -2.36. The van der Waals surface area contributed by atoms with E-state index in [1.807, 2.05) is 0 Å². The third kappa shape index (κ3) is 6.99. The van der Waals surface area contributed by atoms with Gasteiger partial charge in [-0.3, -0.25) is 24.1 Å². The monoisotopic (exact) mass is 553 g/mol. The van der Waals surface area contributed by atoms with Crippen molar-refractivity contribution in [3.05, 3.63) is 88.8 Å². The number of amides is 4. The second kappa shape index (κ2) is 12.2. The van der Waals surface area contributed by atoms with Gasteiger partial charge in [-0.05, 0) is 59.8 Å². The lowest BCUT2D eigenvalue weighted by Gasteiger charge is -2.12. The molecule has 3 aromatic rings. The Bertz CT molecular complexity index is 1460. The number of hydrogen-bond donors (Lipinski definition) is 2. The summed E-state index contributed by atoms with van der Waals surface area (Å²) in [6, 6.07) is 16.0. The van der Waals surface area contributed by atoms with Crippen LogP contribution in [0.5, 0.6) is 11.5 Å². The van der Waals surface area contributed by atoms with E-state index in [-0.39, 0.29) is 23.1 Å². The standard InChI is InChI=1S/C27H21F2N3O6S/c1-37-22-5-3-2-4-21(22)31-25(34)15-38-18-9-6-16(7-10-18)12-23-26(35)32(27(36)39-23)14-24(33)30-20-11-8-17(28)13-19(20)29/h2-13H,14-15H2,1H3,(H,30,33)(H,31,34)/b23-12-. The molecule has 12 heteroatoms. The summed E-state index contributed by atoms with van der Waals surface area (Å²) in [7, 11) is 1.50. The minimum absolute atomic E-state index is 0.0885. The van der Waals surface area contributed by atoms with E-state index in [2.05, 4.69) is 10.6 Å². The zero-order valence-electron chi connectivity index (χ0n) is 20.4. The van der Waals surface area contributed by atoms with Crippen molar-refractivity contribution in [3.8, 4) is 11.5 Å². The Morgan fingerprint density at radius 1 is 0.949 bits per heavy atom. The van der Waals surface area contributed by atoms with Gasteiger partial charge >= 0.3 is 0 Å². The van der Waals surface area contributed by atoms with Crippen LogP contribution >= 0.6 is 11.8 Å². The molecule has 0 saturated carbocycles. The summed E-state index contributed by atoms with van der Waals surface area (Å²) < 4.78 is 37.5. The maximum atomic E-state index is 13.8. The maximum absolute atomic E-state index is 13.8. The zero-order valence-corrected chi connectivity index (χ0v) is 21.2. The number of carbonyl (C=O) groups is 4. The Hall–Kier alpha value is -4.71. The van der Waals surface area contributed by atoms with Gasteiger partial charge in [0.1, 0.15) is 29.7 Å². The van der Waals surface area contributed by atoms with E-state index in [1.54, 1.807) is 48.5 Å². The van der Waals surface area contributed by atoms with Gasteiger partial charge in [-0.1, -0.05) is 24.3 Å². The Kier molecular flexibility index (Phi) is 8.56. The molecule has 0 aliphatic carbocycles. The summed E-state index contributed by atoms with van der Waals surface area (Å²) in [5.41, 5.74) is 0.811. The number of anilines is 2. The van der Waals surface area contributed by atoms with Crippen molar-refractivity contribution in [1.82, 2.24) is 4.90 Å². The number of nitrogens with one attached hydrogen (secondary N) is 2. The van der Waals surface area contributed by atoms with Gasteiger partial charge in [0.15, 0.2) is 6.61 Å². The molecule has 1 aliphatic rings. The highest BCUT2D eigenvalue weighted by Crippen LogP contribution is 2.32. The molecule has 4 rings (SSSR count). The van der Waals surface area contributed by atoms with Crippen molar-refractivity contribution >= 4 is 52.2 Å². The van der Waals surface area contributed by atoms with Crippen molar-refractivity contribution in [2.75, 3.05) is 30.9 Å². The fourth-order valence-corrected chi connectivity index (χ4v) is 4.29. The largest absolute Gasteiger partial charge is 0.495 e. The second-order valence-electron chi connectivity index (χ2n) is 8.05. The van der Waals surface area contributed by atoms with E-state index in [9.17, 15) is 28.0 Å². The van der Waals surface area contributed by atoms with Gasteiger partial charge in [0.25, 0.3) is 17.1 Å². The first-order valence-corrected chi connectivity index (χ1v) is 12.2. The molecule has 1 fully saturated rings. The van der Waals surface area contributed by atoms with Crippen LogP contribution in [0.4, 0.5) is 25.0 Å². The molecule has 3 aromatic carbocycles. The Balaban J connectivity index is 1.32. The topological polar surface area (TPSA) is 114 Å². The van der Waals surface area contributed by atoms with Crippen LogP contribution in [0, 0.1) is 11.6 Å². The number of imide groups is 1. The van der Waals surface area contributed by atoms with Crippen molar-refractivity contribution in [2.24, 2.45) is 0 Å². The van der Waals surface area contributed by atoms with Crippen molar-refractivity contribution in [1.29, 1.82) is 0 Å².